The van der Waals surface area contributed by atoms with E-state index < -0.39 is 5.92 Å². The molecule has 6 nitrogen and oxygen atoms in total. The SMILES string of the molecule is Cc1ccc(N2CC(C(=O)Nc3ccc4[nH]c(=O)sc4c3)CC2=O)cc1. The number of H-pyrrole nitrogens is 1. The van der Waals surface area contributed by atoms with Crippen LogP contribution in [0.1, 0.15) is 12.0 Å². The zero-order chi connectivity index (χ0) is 18.3. The zero-order valence-electron chi connectivity index (χ0n) is 14.1. The molecule has 1 aliphatic rings. The molecule has 2 heterocycles. The van der Waals surface area contributed by atoms with Gasteiger partial charge in [-0.2, -0.15) is 0 Å². The molecule has 2 aromatic carbocycles. The van der Waals surface area contributed by atoms with Crippen LogP contribution in [0.2, 0.25) is 0 Å². The van der Waals surface area contributed by atoms with Crippen molar-refractivity contribution < 1.29 is 9.59 Å². The number of fused-ring (bicyclic) bond motifs is 1. The molecule has 0 aliphatic carbocycles. The fourth-order valence-electron chi connectivity index (χ4n) is 3.12. The first-order valence-electron chi connectivity index (χ1n) is 8.30. The van der Waals surface area contributed by atoms with E-state index in [0.29, 0.717) is 12.2 Å². The quantitative estimate of drug-likeness (QED) is 0.747. The summed E-state index contributed by atoms with van der Waals surface area (Å²) in [4.78, 5) is 40.5. The van der Waals surface area contributed by atoms with E-state index in [1.165, 1.54) is 0 Å². The van der Waals surface area contributed by atoms with E-state index in [2.05, 4.69) is 10.3 Å². The number of anilines is 2. The lowest BCUT2D eigenvalue weighted by Gasteiger charge is -2.17. The maximum absolute atomic E-state index is 12.6. The lowest BCUT2D eigenvalue weighted by atomic mass is 10.1. The van der Waals surface area contributed by atoms with Crippen molar-refractivity contribution in [3.63, 3.8) is 0 Å². The number of rotatable bonds is 3. The van der Waals surface area contributed by atoms with Crippen LogP contribution in [0, 0.1) is 12.8 Å². The first-order valence-corrected chi connectivity index (χ1v) is 9.12. The van der Waals surface area contributed by atoms with Crippen LogP contribution in [0.25, 0.3) is 10.2 Å². The Balaban J connectivity index is 1.48. The minimum atomic E-state index is -0.399. The number of hydrogen-bond acceptors (Lipinski definition) is 4. The molecule has 0 spiro atoms. The molecular weight excluding hydrogens is 350 g/mol. The second-order valence-corrected chi connectivity index (χ2v) is 7.47. The first kappa shape index (κ1) is 16.5. The summed E-state index contributed by atoms with van der Waals surface area (Å²) in [6.45, 7) is 2.36. The van der Waals surface area contributed by atoms with Crippen molar-refractivity contribution in [1.29, 1.82) is 0 Å². The molecule has 2 N–H and O–H groups in total. The first-order chi connectivity index (χ1) is 12.5. The number of aromatic amines is 1. The van der Waals surface area contributed by atoms with Crippen molar-refractivity contribution in [2.75, 3.05) is 16.8 Å². The summed E-state index contributed by atoms with van der Waals surface area (Å²) in [5.74, 6) is -0.632. The minimum Gasteiger partial charge on any atom is -0.326 e. The molecule has 3 aromatic rings. The van der Waals surface area contributed by atoms with E-state index in [1.54, 1.807) is 23.1 Å². The van der Waals surface area contributed by atoms with E-state index in [1.807, 2.05) is 31.2 Å². The van der Waals surface area contributed by atoms with Gasteiger partial charge >= 0.3 is 4.87 Å². The highest BCUT2D eigenvalue weighted by atomic mass is 32.1. The Morgan fingerprint density at radius 2 is 1.96 bits per heavy atom. The molecule has 0 radical (unpaired) electrons. The summed E-state index contributed by atoms with van der Waals surface area (Å²) in [5.41, 5.74) is 3.31. The highest BCUT2D eigenvalue weighted by molar-refractivity contribution is 7.16. The molecule has 4 rings (SSSR count). The van der Waals surface area contributed by atoms with Gasteiger partial charge < -0.3 is 15.2 Å². The van der Waals surface area contributed by atoms with E-state index in [0.717, 1.165) is 32.8 Å². The largest absolute Gasteiger partial charge is 0.326 e. The summed E-state index contributed by atoms with van der Waals surface area (Å²) < 4.78 is 0.789. The summed E-state index contributed by atoms with van der Waals surface area (Å²) in [7, 11) is 0. The molecule has 7 heteroatoms. The standard InChI is InChI=1S/C19H17N3O3S/c1-11-2-5-14(6-3-11)22-10-12(8-17(22)23)18(24)20-13-4-7-15-16(9-13)26-19(25)21-15/h2-7,9,12H,8,10H2,1H3,(H,20,24)(H,21,25). The van der Waals surface area contributed by atoms with Gasteiger partial charge in [-0.15, -0.1) is 0 Å². The fraction of sp³-hybridized carbons (Fsp3) is 0.211. The Hall–Kier alpha value is -2.93. The van der Waals surface area contributed by atoms with Crippen LogP contribution in [0.4, 0.5) is 11.4 Å². The van der Waals surface area contributed by atoms with Gasteiger partial charge in [-0.1, -0.05) is 29.0 Å². The van der Waals surface area contributed by atoms with Crippen molar-refractivity contribution >= 4 is 44.7 Å². The molecule has 0 saturated carbocycles. The Morgan fingerprint density at radius 1 is 1.19 bits per heavy atom. The number of amides is 2. The molecule has 1 atom stereocenters. The van der Waals surface area contributed by atoms with Crippen molar-refractivity contribution in [1.82, 2.24) is 4.98 Å². The predicted molar refractivity (Wildman–Crippen MR) is 103 cm³/mol. The van der Waals surface area contributed by atoms with Gasteiger partial charge in [0, 0.05) is 24.3 Å². The molecule has 1 unspecified atom stereocenters. The number of thiazole rings is 1. The van der Waals surface area contributed by atoms with Crippen molar-refractivity contribution in [3.8, 4) is 0 Å². The summed E-state index contributed by atoms with van der Waals surface area (Å²) >= 11 is 1.10. The summed E-state index contributed by atoms with van der Waals surface area (Å²) in [6.07, 6.45) is 0.194. The topological polar surface area (TPSA) is 82.3 Å². The van der Waals surface area contributed by atoms with Crippen LogP contribution < -0.4 is 15.1 Å². The van der Waals surface area contributed by atoms with Crippen molar-refractivity contribution in [3.05, 3.63) is 57.7 Å². The lowest BCUT2D eigenvalue weighted by Crippen LogP contribution is -2.28. The van der Waals surface area contributed by atoms with E-state index in [4.69, 9.17) is 0 Å². The van der Waals surface area contributed by atoms with Crippen LogP contribution in [0.3, 0.4) is 0 Å². The number of aryl methyl sites for hydroxylation is 1. The third-order valence-corrected chi connectivity index (χ3v) is 5.38. The summed E-state index contributed by atoms with van der Waals surface area (Å²) in [5, 5.41) is 2.86. The number of hydrogen-bond donors (Lipinski definition) is 2. The number of nitrogens with zero attached hydrogens (tertiary/aromatic N) is 1. The third kappa shape index (κ3) is 3.13. The number of carbonyl (C=O) groups excluding carboxylic acids is 2. The zero-order valence-corrected chi connectivity index (χ0v) is 14.9. The van der Waals surface area contributed by atoms with Gasteiger partial charge in [-0.05, 0) is 37.3 Å². The second kappa shape index (κ2) is 6.42. The monoisotopic (exact) mass is 367 g/mol. The van der Waals surface area contributed by atoms with Crippen molar-refractivity contribution in [2.24, 2.45) is 5.92 Å². The molecule has 1 aliphatic heterocycles. The molecule has 1 fully saturated rings. The maximum Gasteiger partial charge on any atom is 0.305 e. The highest BCUT2D eigenvalue weighted by Gasteiger charge is 2.35. The molecule has 132 valence electrons. The highest BCUT2D eigenvalue weighted by Crippen LogP contribution is 2.27. The Morgan fingerprint density at radius 3 is 2.73 bits per heavy atom. The van der Waals surface area contributed by atoms with Gasteiger partial charge in [-0.25, -0.2) is 0 Å². The van der Waals surface area contributed by atoms with E-state index in [9.17, 15) is 14.4 Å². The second-order valence-electron chi connectivity index (χ2n) is 6.46. The molecule has 26 heavy (non-hydrogen) atoms. The van der Waals surface area contributed by atoms with Gasteiger partial charge in [0.1, 0.15) is 0 Å². The van der Waals surface area contributed by atoms with E-state index in [-0.39, 0.29) is 23.1 Å². The Kier molecular flexibility index (Phi) is 4.08. The lowest BCUT2D eigenvalue weighted by molar-refractivity contribution is -0.122. The van der Waals surface area contributed by atoms with Crippen LogP contribution in [-0.4, -0.2) is 23.3 Å². The number of nitrogens with one attached hydrogen (secondary N) is 2. The predicted octanol–water partition coefficient (Wildman–Crippen LogP) is 2.89. The summed E-state index contributed by atoms with van der Waals surface area (Å²) in [6, 6.07) is 13.0. The molecule has 1 saturated heterocycles. The third-order valence-electron chi connectivity index (χ3n) is 4.53. The Labute approximate surface area is 153 Å². The molecule has 0 bridgehead atoms. The molecule has 2 amide bonds. The van der Waals surface area contributed by atoms with Gasteiger partial charge in [0.25, 0.3) is 0 Å². The smallest absolute Gasteiger partial charge is 0.305 e. The minimum absolute atomic E-state index is 0.0479. The van der Waals surface area contributed by atoms with Crippen LogP contribution >= 0.6 is 11.3 Å². The number of benzene rings is 2. The van der Waals surface area contributed by atoms with Gasteiger partial charge in [-0.3, -0.25) is 14.4 Å². The average molecular weight is 367 g/mol. The molecular formula is C19H17N3O3S. The number of carbonyl (C=O) groups is 2. The van der Waals surface area contributed by atoms with Gasteiger partial charge in [0.2, 0.25) is 11.8 Å². The number of aromatic nitrogens is 1. The van der Waals surface area contributed by atoms with Crippen LogP contribution in [0.15, 0.2) is 47.3 Å². The molecule has 1 aromatic heterocycles. The Bertz CT molecular complexity index is 1050. The fourth-order valence-corrected chi connectivity index (χ4v) is 3.90. The average Bonchev–Trinajstić information content (AvgIpc) is 3.17. The van der Waals surface area contributed by atoms with Crippen LogP contribution in [0.5, 0.6) is 0 Å². The maximum atomic E-state index is 12.6. The van der Waals surface area contributed by atoms with Crippen molar-refractivity contribution in [2.45, 2.75) is 13.3 Å². The van der Waals surface area contributed by atoms with Crippen LogP contribution in [-0.2, 0) is 9.59 Å². The van der Waals surface area contributed by atoms with Gasteiger partial charge in [0.15, 0.2) is 0 Å². The van der Waals surface area contributed by atoms with E-state index >= 15 is 0 Å². The van der Waals surface area contributed by atoms with Gasteiger partial charge in [0.05, 0.1) is 16.1 Å². The normalized spacial score (nSPS) is 17.0.